The van der Waals surface area contributed by atoms with Crippen molar-refractivity contribution in [1.29, 1.82) is 0 Å². The molecule has 1 aromatic rings. The van der Waals surface area contributed by atoms with E-state index in [-0.39, 0.29) is 6.04 Å². The highest BCUT2D eigenvalue weighted by Gasteiger charge is 2.26. The van der Waals surface area contributed by atoms with Crippen LogP contribution in [0.4, 0.5) is 0 Å². The normalized spacial score (nSPS) is 19.5. The van der Waals surface area contributed by atoms with Gasteiger partial charge in [0.2, 0.25) is 0 Å². The number of hydrogen-bond donors (Lipinski definition) is 1. The van der Waals surface area contributed by atoms with Gasteiger partial charge in [-0.25, -0.2) is 0 Å². The molecule has 0 saturated heterocycles. The molecule has 1 saturated carbocycles. The quantitative estimate of drug-likeness (QED) is 0.874. The maximum atomic E-state index is 6.39. The molecule has 4 nitrogen and oxygen atoms in total. The minimum atomic E-state index is 0.0723. The van der Waals surface area contributed by atoms with Crippen LogP contribution in [-0.2, 0) is 6.54 Å². The van der Waals surface area contributed by atoms with E-state index in [1.807, 2.05) is 6.92 Å². The van der Waals surface area contributed by atoms with E-state index in [2.05, 4.69) is 21.7 Å². The molecule has 1 aliphatic rings. The van der Waals surface area contributed by atoms with Crippen LogP contribution in [0.1, 0.15) is 63.1 Å². The van der Waals surface area contributed by atoms with Crippen molar-refractivity contribution in [3.8, 4) is 0 Å². The van der Waals surface area contributed by atoms with Crippen LogP contribution in [0.15, 0.2) is 0 Å². The molecule has 0 bridgehead atoms. The molecule has 1 unspecified atom stereocenters. The van der Waals surface area contributed by atoms with Crippen molar-refractivity contribution >= 4 is 0 Å². The predicted molar refractivity (Wildman–Crippen MR) is 68.6 cm³/mol. The number of aromatic nitrogens is 3. The van der Waals surface area contributed by atoms with Gasteiger partial charge in [-0.3, -0.25) is 0 Å². The number of aryl methyl sites for hydroxylation is 1. The van der Waals surface area contributed by atoms with Gasteiger partial charge in [0.15, 0.2) is 0 Å². The zero-order chi connectivity index (χ0) is 12.3. The number of nitrogens with two attached hydrogens (primary N) is 1. The fraction of sp³-hybridized carbons (Fsp3) is 0.846. The minimum absolute atomic E-state index is 0.0723. The van der Waals surface area contributed by atoms with Gasteiger partial charge < -0.3 is 10.3 Å². The molecule has 2 N–H and O–H groups in total. The maximum absolute atomic E-state index is 6.39. The van der Waals surface area contributed by atoms with Crippen molar-refractivity contribution in [2.24, 2.45) is 11.7 Å². The number of hydrogen-bond acceptors (Lipinski definition) is 3. The first-order valence-electron chi connectivity index (χ1n) is 6.89. The summed E-state index contributed by atoms with van der Waals surface area (Å²) in [4.78, 5) is 0. The van der Waals surface area contributed by atoms with Gasteiger partial charge in [-0.2, -0.15) is 0 Å². The molecule has 1 heterocycles. The SMILES string of the molecule is CCCn1c(C)nnc1C(N)C1CCCCC1. The van der Waals surface area contributed by atoms with E-state index in [0.29, 0.717) is 5.92 Å². The van der Waals surface area contributed by atoms with Crippen LogP contribution in [0.25, 0.3) is 0 Å². The summed E-state index contributed by atoms with van der Waals surface area (Å²) in [5, 5.41) is 8.48. The van der Waals surface area contributed by atoms with Crippen LogP contribution in [0, 0.1) is 12.8 Å². The maximum Gasteiger partial charge on any atom is 0.150 e. The van der Waals surface area contributed by atoms with Crippen LogP contribution >= 0.6 is 0 Å². The lowest BCUT2D eigenvalue weighted by atomic mass is 9.84. The molecule has 1 atom stereocenters. The molecule has 1 aromatic heterocycles. The van der Waals surface area contributed by atoms with Crippen molar-refractivity contribution in [3.63, 3.8) is 0 Å². The van der Waals surface area contributed by atoms with E-state index in [0.717, 1.165) is 24.6 Å². The Morgan fingerprint density at radius 3 is 2.65 bits per heavy atom. The van der Waals surface area contributed by atoms with Crippen LogP contribution < -0.4 is 5.73 Å². The molecule has 17 heavy (non-hydrogen) atoms. The molecule has 4 heteroatoms. The van der Waals surface area contributed by atoms with E-state index < -0.39 is 0 Å². The molecular weight excluding hydrogens is 212 g/mol. The van der Waals surface area contributed by atoms with Crippen LogP contribution in [0.5, 0.6) is 0 Å². The largest absolute Gasteiger partial charge is 0.321 e. The summed E-state index contributed by atoms with van der Waals surface area (Å²) in [7, 11) is 0. The summed E-state index contributed by atoms with van der Waals surface area (Å²) in [5.74, 6) is 2.59. The van der Waals surface area contributed by atoms with Crippen molar-refractivity contribution in [2.75, 3.05) is 0 Å². The van der Waals surface area contributed by atoms with E-state index in [1.54, 1.807) is 0 Å². The average Bonchev–Trinajstić information content (AvgIpc) is 2.72. The van der Waals surface area contributed by atoms with Crippen LogP contribution in [0.2, 0.25) is 0 Å². The van der Waals surface area contributed by atoms with Gasteiger partial charge in [0.25, 0.3) is 0 Å². The molecule has 1 fully saturated rings. The molecule has 0 radical (unpaired) electrons. The standard InChI is InChI=1S/C13H24N4/c1-3-9-17-10(2)15-16-13(17)12(14)11-7-5-4-6-8-11/h11-12H,3-9,14H2,1-2H3. The lowest BCUT2D eigenvalue weighted by molar-refractivity contribution is 0.295. The molecule has 96 valence electrons. The van der Waals surface area contributed by atoms with Crippen molar-refractivity contribution in [3.05, 3.63) is 11.6 Å². The monoisotopic (exact) mass is 236 g/mol. The van der Waals surface area contributed by atoms with Gasteiger partial charge in [0.1, 0.15) is 11.6 Å². The lowest BCUT2D eigenvalue weighted by Crippen LogP contribution is -2.27. The lowest BCUT2D eigenvalue weighted by Gasteiger charge is -2.27. The highest BCUT2D eigenvalue weighted by Crippen LogP contribution is 2.32. The fourth-order valence-corrected chi connectivity index (χ4v) is 2.85. The second kappa shape index (κ2) is 5.63. The summed E-state index contributed by atoms with van der Waals surface area (Å²) < 4.78 is 2.19. The predicted octanol–water partition coefficient (Wildman–Crippen LogP) is 2.58. The third-order valence-corrected chi connectivity index (χ3v) is 3.87. The second-order valence-corrected chi connectivity index (χ2v) is 5.18. The van der Waals surface area contributed by atoms with Gasteiger partial charge in [-0.15, -0.1) is 10.2 Å². The van der Waals surface area contributed by atoms with E-state index >= 15 is 0 Å². The van der Waals surface area contributed by atoms with Crippen LogP contribution in [0.3, 0.4) is 0 Å². The van der Waals surface area contributed by atoms with Gasteiger partial charge >= 0.3 is 0 Å². The summed E-state index contributed by atoms with van der Waals surface area (Å²) >= 11 is 0. The van der Waals surface area contributed by atoms with Crippen molar-refractivity contribution in [2.45, 2.75) is 65.0 Å². The minimum Gasteiger partial charge on any atom is -0.321 e. The van der Waals surface area contributed by atoms with Gasteiger partial charge in [-0.05, 0) is 32.1 Å². The molecule has 0 aliphatic heterocycles. The number of rotatable bonds is 4. The summed E-state index contributed by atoms with van der Waals surface area (Å²) in [5.41, 5.74) is 6.39. The molecule has 0 amide bonds. The van der Waals surface area contributed by atoms with Gasteiger partial charge in [0.05, 0.1) is 6.04 Å². The van der Waals surface area contributed by atoms with E-state index in [9.17, 15) is 0 Å². The Morgan fingerprint density at radius 2 is 2.00 bits per heavy atom. The van der Waals surface area contributed by atoms with Crippen LogP contribution in [-0.4, -0.2) is 14.8 Å². The average molecular weight is 236 g/mol. The fourth-order valence-electron chi connectivity index (χ4n) is 2.85. The number of nitrogens with zero attached hydrogens (tertiary/aromatic N) is 3. The topological polar surface area (TPSA) is 56.7 Å². The Bertz CT molecular complexity index is 352. The Balaban J connectivity index is 2.14. The molecule has 0 aromatic carbocycles. The Hall–Kier alpha value is -0.900. The summed E-state index contributed by atoms with van der Waals surface area (Å²) in [6.45, 7) is 5.17. The zero-order valence-corrected chi connectivity index (χ0v) is 11.0. The highest BCUT2D eigenvalue weighted by atomic mass is 15.3. The molecule has 2 rings (SSSR count). The highest BCUT2D eigenvalue weighted by molar-refractivity contribution is 5.01. The van der Waals surface area contributed by atoms with Gasteiger partial charge in [-0.1, -0.05) is 26.2 Å². The van der Waals surface area contributed by atoms with E-state index in [1.165, 1.54) is 32.1 Å². The molecule has 0 spiro atoms. The Kier molecular flexibility index (Phi) is 4.15. The smallest absolute Gasteiger partial charge is 0.150 e. The molecular formula is C13H24N4. The second-order valence-electron chi connectivity index (χ2n) is 5.18. The van der Waals surface area contributed by atoms with Crippen molar-refractivity contribution in [1.82, 2.24) is 14.8 Å². The third kappa shape index (κ3) is 2.68. The molecule has 1 aliphatic carbocycles. The first-order valence-corrected chi connectivity index (χ1v) is 6.89. The van der Waals surface area contributed by atoms with Gasteiger partial charge in [0, 0.05) is 6.54 Å². The summed E-state index contributed by atoms with van der Waals surface area (Å²) in [6, 6.07) is 0.0723. The first-order chi connectivity index (χ1) is 8.24. The third-order valence-electron chi connectivity index (χ3n) is 3.87. The Morgan fingerprint density at radius 1 is 1.29 bits per heavy atom. The zero-order valence-electron chi connectivity index (χ0n) is 11.0. The summed E-state index contributed by atoms with van der Waals surface area (Å²) in [6.07, 6.45) is 7.60. The van der Waals surface area contributed by atoms with E-state index in [4.69, 9.17) is 5.73 Å². The first kappa shape index (κ1) is 12.6. The van der Waals surface area contributed by atoms with Crippen molar-refractivity contribution < 1.29 is 0 Å². The Labute approximate surface area is 104 Å².